The van der Waals surface area contributed by atoms with Crippen LogP contribution in [-0.2, 0) is 12.8 Å². The van der Waals surface area contributed by atoms with Gasteiger partial charge in [0, 0.05) is 11.3 Å². The van der Waals surface area contributed by atoms with E-state index in [0.717, 1.165) is 12.1 Å². The zero-order valence-corrected chi connectivity index (χ0v) is 10.8. The molecule has 0 saturated heterocycles. The molecule has 0 heterocycles. The van der Waals surface area contributed by atoms with Gasteiger partial charge in [-0.3, -0.25) is 0 Å². The van der Waals surface area contributed by atoms with Crippen LogP contribution in [0.1, 0.15) is 12.0 Å². The first-order chi connectivity index (χ1) is 5.65. The fraction of sp³-hybridized carbons (Fsp3) is 0.143. The second-order valence-electron chi connectivity index (χ2n) is 2.13. The summed E-state index contributed by atoms with van der Waals surface area (Å²) in [7, 11) is 0. The Balaban J connectivity index is 0.00000144. The minimum Gasteiger partial charge on any atom is -0.670 e. The summed E-state index contributed by atoms with van der Waals surface area (Å²) < 4.78 is 38.9. The van der Waals surface area contributed by atoms with Crippen LogP contribution in [0.5, 0.6) is 0 Å². The van der Waals surface area contributed by atoms with E-state index in [4.69, 9.17) is 0 Å². The van der Waals surface area contributed by atoms with E-state index in [1.807, 2.05) is 0 Å². The molecule has 0 amide bonds. The molecule has 0 aliphatic rings. The van der Waals surface area contributed by atoms with Gasteiger partial charge in [0.1, 0.15) is 5.82 Å². The van der Waals surface area contributed by atoms with Crippen LogP contribution in [0.2, 0.25) is 0 Å². The monoisotopic (exact) mass is 231 g/mol. The van der Waals surface area contributed by atoms with Crippen molar-refractivity contribution >= 4 is 18.5 Å². The summed E-state index contributed by atoms with van der Waals surface area (Å²) in [5, 5.41) is 0. The average molecular weight is 231 g/mol. The van der Waals surface area contributed by atoms with E-state index in [1.165, 1.54) is 6.07 Å². The van der Waals surface area contributed by atoms with Crippen molar-refractivity contribution in [3.63, 3.8) is 0 Å². The first-order valence-electron chi connectivity index (χ1n) is 3.11. The van der Waals surface area contributed by atoms with Crippen LogP contribution in [0.3, 0.4) is 0 Å². The molecular formula is C7H5F3KNS. The van der Waals surface area contributed by atoms with E-state index in [0.29, 0.717) is 0 Å². The van der Waals surface area contributed by atoms with Crippen LogP contribution < -0.4 is 56.1 Å². The SMILES string of the molecule is Fc1ccc(N[S-])c(C(F)F)c1.[K+]. The number of nitrogens with one attached hydrogen (secondary N) is 1. The number of rotatable bonds is 2. The van der Waals surface area contributed by atoms with Gasteiger partial charge in [-0.05, 0) is 18.2 Å². The molecule has 0 saturated carbocycles. The van der Waals surface area contributed by atoms with E-state index in [-0.39, 0.29) is 57.1 Å². The molecule has 0 atom stereocenters. The molecule has 66 valence electrons. The minimum atomic E-state index is -2.72. The van der Waals surface area contributed by atoms with Gasteiger partial charge in [-0.2, -0.15) is 0 Å². The summed E-state index contributed by atoms with van der Waals surface area (Å²) >= 11 is 4.36. The smallest absolute Gasteiger partial charge is 0.670 e. The number of hydrogen-bond acceptors (Lipinski definition) is 2. The fourth-order valence-electron chi connectivity index (χ4n) is 0.807. The van der Waals surface area contributed by atoms with Gasteiger partial charge in [0.25, 0.3) is 6.43 Å². The molecule has 1 rings (SSSR count). The maximum absolute atomic E-state index is 12.4. The summed E-state index contributed by atoms with van der Waals surface area (Å²) in [4.78, 5) is 0. The Morgan fingerprint density at radius 1 is 1.31 bits per heavy atom. The molecule has 13 heavy (non-hydrogen) atoms. The standard InChI is InChI=1S/C7H5F3NS.K/c8-4-1-2-6(11-12)5(3-4)7(9)10;/h1-3,7,11H;/q-1;+1. The van der Waals surface area contributed by atoms with E-state index in [1.54, 1.807) is 0 Å². The number of hydrogen-bond donors (Lipinski definition) is 1. The first-order valence-corrected chi connectivity index (χ1v) is 3.51. The van der Waals surface area contributed by atoms with Crippen molar-refractivity contribution in [2.45, 2.75) is 6.43 Å². The Kier molecular flexibility index (Phi) is 6.70. The van der Waals surface area contributed by atoms with Crippen LogP contribution >= 0.6 is 0 Å². The van der Waals surface area contributed by atoms with Gasteiger partial charge >= 0.3 is 51.4 Å². The molecule has 0 spiro atoms. The minimum absolute atomic E-state index is 0. The maximum Gasteiger partial charge on any atom is 1.00 e. The Bertz CT molecular complexity index is 282. The Morgan fingerprint density at radius 2 is 1.92 bits per heavy atom. The molecule has 1 N–H and O–H groups in total. The molecule has 1 aromatic carbocycles. The van der Waals surface area contributed by atoms with E-state index >= 15 is 0 Å². The van der Waals surface area contributed by atoms with Crippen molar-refractivity contribution in [3.05, 3.63) is 29.6 Å². The van der Waals surface area contributed by atoms with Crippen LogP contribution in [0.15, 0.2) is 18.2 Å². The van der Waals surface area contributed by atoms with Gasteiger partial charge in [0.05, 0.1) is 0 Å². The van der Waals surface area contributed by atoms with E-state index in [9.17, 15) is 13.2 Å². The zero-order valence-electron chi connectivity index (χ0n) is 6.85. The molecule has 0 unspecified atom stereocenters. The number of halogens is 3. The molecule has 0 radical (unpaired) electrons. The van der Waals surface area contributed by atoms with Gasteiger partial charge in [-0.25, -0.2) is 13.2 Å². The third-order valence-corrected chi connectivity index (χ3v) is 1.58. The Hall–Kier alpha value is 0.796. The predicted molar refractivity (Wildman–Crippen MR) is 42.3 cm³/mol. The summed E-state index contributed by atoms with van der Waals surface area (Å²) in [5.41, 5.74) is -0.341. The van der Waals surface area contributed by atoms with Gasteiger partial charge in [0.15, 0.2) is 0 Å². The molecule has 1 nitrogen and oxygen atoms in total. The number of alkyl halides is 2. The van der Waals surface area contributed by atoms with Crippen molar-refractivity contribution in [3.8, 4) is 0 Å². The molecule has 0 fully saturated rings. The normalized spacial score (nSPS) is 9.62. The molecule has 0 aliphatic carbocycles. The Morgan fingerprint density at radius 3 is 2.38 bits per heavy atom. The first kappa shape index (κ1) is 13.8. The fourth-order valence-corrected chi connectivity index (χ4v) is 0.993. The zero-order chi connectivity index (χ0) is 9.14. The second kappa shape index (κ2) is 6.31. The molecule has 6 heteroatoms. The summed E-state index contributed by atoms with van der Waals surface area (Å²) in [6, 6.07) is 3.02. The topological polar surface area (TPSA) is 12.0 Å². The third kappa shape index (κ3) is 3.81. The largest absolute Gasteiger partial charge is 1.00 e. The van der Waals surface area contributed by atoms with Crippen molar-refractivity contribution < 1.29 is 64.6 Å². The number of anilines is 1. The molecular weight excluding hydrogens is 226 g/mol. The van der Waals surface area contributed by atoms with Crippen LogP contribution in [0.4, 0.5) is 18.9 Å². The average Bonchev–Trinajstić information content (AvgIpc) is 2.04. The van der Waals surface area contributed by atoms with Crippen LogP contribution in [0.25, 0.3) is 0 Å². The second-order valence-corrected chi connectivity index (χ2v) is 2.34. The molecule has 0 bridgehead atoms. The van der Waals surface area contributed by atoms with Crippen LogP contribution in [0, 0.1) is 5.82 Å². The van der Waals surface area contributed by atoms with Crippen molar-refractivity contribution in [1.29, 1.82) is 0 Å². The van der Waals surface area contributed by atoms with Gasteiger partial charge in [0.2, 0.25) is 0 Å². The summed E-state index contributed by atoms with van der Waals surface area (Å²) in [5.74, 6) is -0.695. The maximum atomic E-state index is 12.4. The van der Waals surface area contributed by atoms with Crippen molar-refractivity contribution in [2.24, 2.45) is 0 Å². The quantitative estimate of drug-likeness (QED) is 0.551. The van der Waals surface area contributed by atoms with Crippen molar-refractivity contribution in [2.75, 3.05) is 4.72 Å². The predicted octanol–water partition coefficient (Wildman–Crippen LogP) is -0.359. The summed E-state index contributed by atoms with van der Waals surface area (Å²) in [6.45, 7) is 0. The van der Waals surface area contributed by atoms with E-state index < -0.39 is 17.8 Å². The summed E-state index contributed by atoms with van der Waals surface area (Å²) in [6.07, 6.45) is -2.72. The number of benzene rings is 1. The third-order valence-electron chi connectivity index (χ3n) is 1.36. The molecule has 0 aromatic heterocycles. The van der Waals surface area contributed by atoms with Crippen molar-refractivity contribution in [1.82, 2.24) is 0 Å². The van der Waals surface area contributed by atoms with Gasteiger partial charge in [-0.15, -0.1) is 0 Å². The molecule has 0 aliphatic heterocycles. The van der Waals surface area contributed by atoms with E-state index in [2.05, 4.69) is 17.5 Å². The van der Waals surface area contributed by atoms with Crippen LogP contribution in [-0.4, -0.2) is 0 Å². The molecule has 1 aromatic rings. The van der Waals surface area contributed by atoms with Gasteiger partial charge < -0.3 is 17.5 Å². The van der Waals surface area contributed by atoms with Gasteiger partial charge in [-0.1, -0.05) is 0 Å². The Labute approximate surface area is 122 Å².